The second-order valence-corrected chi connectivity index (χ2v) is 11.2. The zero-order valence-electron chi connectivity index (χ0n) is 16.9. The highest BCUT2D eigenvalue weighted by Gasteiger charge is 2.38. The summed E-state index contributed by atoms with van der Waals surface area (Å²) < 4.78 is 49.0. The number of nitrogens with zero attached hydrogens (tertiary/aromatic N) is 3. The number of thiophene rings is 1. The number of carbonyl (C=O) groups is 1. The number of piperidine rings is 1. The Hall–Kier alpha value is -1.92. The largest absolute Gasteiger partial charge is 0.383 e. The Balaban J connectivity index is 1.74. The molecule has 4 rings (SSSR count). The van der Waals surface area contributed by atoms with E-state index >= 15 is 0 Å². The van der Waals surface area contributed by atoms with E-state index in [2.05, 4.69) is 4.99 Å². The lowest BCUT2D eigenvalue weighted by Crippen LogP contribution is -2.47. The van der Waals surface area contributed by atoms with Gasteiger partial charge in [-0.15, -0.1) is 11.3 Å². The first-order chi connectivity index (χ1) is 14.9. The number of aromatic nitrogens is 1. The van der Waals surface area contributed by atoms with Crippen molar-refractivity contribution in [2.45, 2.75) is 36.1 Å². The van der Waals surface area contributed by atoms with E-state index < -0.39 is 22.0 Å². The number of hydrogen-bond donors (Lipinski definition) is 0. The van der Waals surface area contributed by atoms with E-state index in [-0.39, 0.29) is 16.6 Å². The summed E-state index contributed by atoms with van der Waals surface area (Å²) in [6, 6.07) is 6.79. The number of methoxy groups -OCH3 is 1. The fourth-order valence-corrected chi connectivity index (χ4v) is 7.52. The van der Waals surface area contributed by atoms with Crippen LogP contribution < -0.4 is 4.80 Å². The molecule has 1 atom stereocenters. The van der Waals surface area contributed by atoms with E-state index in [0.717, 1.165) is 23.3 Å². The van der Waals surface area contributed by atoms with Crippen LogP contribution >= 0.6 is 22.7 Å². The molecule has 1 aliphatic heterocycles. The van der Waals surface area contributed by atoms with Crippen molar-refractivity contribution in [3.05, 3.63) is 46.3 Å². The minimum absolute atomic E-state index is 0.222. The van der Waals surface area contributed by atoms with Crippen LogP contribution in [-0.4, -0.2) is 49.5 Å². The first-order valence-electron chi connectivity index (χ1n) is 9.83. The summed E-state index contributed by atoms with van der Waals surface area (Å²) in [6.07, 6.45) is 1.87. The number of amides is 1. The lowest BCUT2D eigenvalue weighted by Gasteiger charge is -2.31. The molecule has 1 aromatic carbocycles. The summed E-state index contributed by atoms with van der Waals surface area (Å²) in [5, 5.41) is 1.70. The van der Waals surface area contributed by atoms with Crippen LogP contribution in [0.2, 0.25) is 0 Å². The molecule has 31 heavy (non-hydrogen) atoms. The molecule has 0 radical (unpaired) electrons. The third kappa shape index (κ3) is 4.51. The van der Waals surface area contributed by atoms with Gasteiger partial charge in [0.1, 0.15) is 16.1 Å². The molecule has 2 aromatic heterocycles. The van der Waals surface area contributed by atoms with Crippen LogP contribution in [0.5, 0.6) is 0 Å². The second kappa shape index (κ2) is 9.29. The highest BCUT2D eigenvalue weighted by atomic mass is 32.2. The first-order valence-corrected chi connectivity index (χ1v) is 13.0. The van der Waals surface area contributed by atoms with Crippen LogP contribution in [0.3, 0.4) is 0 Å². The van der Waals surface area contributed by atoms with Gasteiger partial charge in [-0.05, 0) is 42.5 Å². The molecule has 1 unspecified atom stereocenters. The third-order valence-electron chi connectivity index (χ3n) is 5.17. The van der Waals surface area contributed by atoms with E-state index in [1.165, 1.54) is 27.8 Å². The fourth-order valence-electron chi connectivity index (χ4n) is 3.67. The number of benzene rings is 1. The second-order valence-electron chi connectivity index (χ2n) is 7.15. The van der Waals surface area contributed by atoms with Crippen LogP contribution in [-0.2, 0) is 26.1 Å². The van der Waals surface area contributed by atoms with Crippen molar-refractivity contribution >= 4 is 48.8 Å². The van der Waals surface area contributed by atoms with Gasteiger partial charge in [-0.25, -0.2) is 12.8 Å². The van der Waals surface area contributed by atoms with Crippen LogP contribution in [0.15, 0.2) is 44.9 Å². The number of fused-ring (bicyclic) bond motifs is 1. The van der Waals surface area contributed by atoms with Crippen LogP contribution in [0.25, 0.3) is 10.2 Å². The van der Waals surface area contributed by atoms with Gasteiger partial charge < -0.3 is 9.30 Å². The summed E-state index contributed by atoms with van der Waals surface area (Å²) in [7, 11) is -2.19. The summed E-state index contributed by atoms with van der Waals surface area (Å²) in [5.74, 6) is -0.871. The van der Waals surface area contributed by atoms with Gasteiger partial charge in [0.25, 0.3) is 15.9 Å². The predicted molar refractivity (Wildman–Crippen MR) is 118 cm³/mol. The highest BCUT2D eigenvalue weighted by molar-refractivity contribution is 7.91. The lowest BCUT2D eigenvalue weighted by atomic mass is 10.0. The van der Waals surface area contributed by atoms with E-state index in [1.807, 2.05) is 4.57 Å². The number of ether oxygens (including phenoxy) is 1. The van der Waals surface area contributed by atoms with Gasteiger partial charge in [0, 0.05) is 20.2 Å². The summed E-state index contributed by atoms with van der Waals surface area (Å²) in [4.78, 5) is 17.9. The first kappa shape index (κ1) is 22.3. The van der Waals surface area contributed by atoms with E-state index in [1.54, 1.807) is 30.7 Å². The number of hydrogen-bond acceptors (Lipinski definition) is 6. The highest BCUT2D eigenvalue weighted by Crippen LogP contribution is 2.28. The van der Waals surface area contributed by atoms with Gasteiger partial charge in [0.05, 0.1) is 16.8 Å². The summed E-state index contributed by atoms with van der Waals surface area (Å²) >= 11 is 2.34. The van der Waals surface area contributed by atoms with E-state index in [0.29, 0.717) is 35.5 Å². The van der Waals surface area contributed by atoms with Crippen molar-refractivity contribution in [3.8, 4) is 0 Å². The fraction of sp³-hybridized carbons (Fsp3) is 0.400. The number of rotatable bonds is 6. The maximum absolute atomic E-state index is 13.7. The minimum atomic E-state index is -3.76. The van der Waals surface area contributed by atoms with Crippen molar-refractivity contribution in [2.24, 2.45) is 4.99 Å². The maximum atomic E-state index is 13.7. The molecule has 166 valence electrons. The Kier molecular flexibility index (Phi) is 6.68. The van der Waals surface area contributed by atoms with Gasteiger partial charge in [-0.1, -0.05) is 23.8 Å². The Labute approximate surface area is 187 Å². The van der Waals surface area contributed by atoms with Gasteiger partial charge in [0.15, 0.2) is 4.80 Å². The molecule has 7 nitrogen and oxygen atoms in total. The Bertz CT molecular complexity index is 1250. The smallest absolute Gasteiger partial charge is 0.266 e. The SMILES string of the molecule is COCCn1c(=NC(=O)C2CCCCN2S(=O)(=O)c2cccs2)sc2cc(F)ccc21. The zero-order chi connectivity index (χ0) is 22.0. The maximum Gasteiger partial charge on any atom is 0.266 e. The Morgan fingerprint density at radius 2 is 2.16 bits per heavy atom. The monoisotopic (exact) mass is 483 g/mol. The topological polar surface area (TPSA) is 81.0 Å². The van der Waals surface area contributed by atoms with Crippen LogP contribution in [0.1, 0.15) is 19.3 Å². The van der Waals surface area contributed by atoms with Gasteiger partial charge in [0.2, 0.25) is 0 Å². The van der Waals surface area contributed by atoms with Gasteiger partial charge in [-0.2, -0.15) is 9.30 Å². The van der Waals surface area contributed by atoms with Crippen molar-refractivity contribution in [1.82, 2.24) is 8.87 Å². The molecule has 0 spiro atoms. The number of thiazole rings is 1. The van der Waals surface area contributed by atoms with Gasteiger partial charge in [-0.3, -0.25) is 4.79 Å². The van der Waals surface area contributed by atoms with Gasteiger partial charge >= 0.3 is 0 Å². The number of carbonyl (C=O) groups excluding carboxylic acids is 1. The minimum Gasteiger partial charge on any atom is -0.383 e. The van der Waals surface area contributed by atoms with Crippen molar-refractivity contribution in [3.63, 3.8) is 0 Å². The van der Waals surface area contributed by atoms with Crippen LogP contribution in [0, 0.1) is 5.82 Å². The number of halogens is 1. The van der Waals surface area contributed by atoms with Crippen LogP contribution in [0.4, 0.5) is 4.39 Å². The zero-order valence-corrected chi connectivity index (χ0v) is 19.3. The third-order valence-corrected chi connectivity index (χ3v) is 9.49. The normalized spacial score (nSPS) is 18.6. The molecular formula is C20H22FN3O4S3. The molecule has 1 aliphatic rings. The molecule has 0 N–H and O–H groups in total. The Morgan fingerprint density at radius 3 is 2.90 bits per heavy atom. The van der Waals surface area contributed by atoms with Crippen molar-refractivity contribution < 1.29 is 22.3 Å². The molecule has 3 heterocycles. The predicted octanol–water partition coefficient (Wildman–Crippen LogP) is 3.22. The Morgan fingerprint density at radius 1 is 1.32 bits per heavy atom. The molecule has 1 saturated heterocycles. The molecule has 0 aliphatic carbocycles. The quantitative estimate of drug-likeness (QED) is 0.539. The summed E-state index contributed by atoms with van der Waals surface area (Å²) in [6.45, 7) is 1.12. The standard InChI is InChI=1S/C20H22FN3O4S3/c1-28-11-10-23-15-8-7-14(21)13-17(15)30-20(23)22-19(25)16-5-2-3-9-24(16)31(26,27)18-6-4-12-29-18/h4,6-8,12-13,16H,2-3,5,9-11H2,1H3. The molecule has 11 heteroatoms. The van der Waals surface area contributed by atoms with E-state index in [9.17, 15) is 17.6 Å². The number of sulfonamides is 1. The van der Waals surface area contributed by atoms with Crippen molar-refractivity contribution in [1.29, 1.82) is 0 Å². The average molecular weight is 484 g/mol. The molecule has 0 saturated carbocycles. The molecule has 1 amide bonds. The van der Waals surface area contributed by atoms with E-state index in [4.69, 9.17) is 4.74 Å². The lowest BCUT2D eigenvalue weighted by molar-refractivity contribution is -0.122. The molecule has 0 bridgehead atoms. The summed E-state index contributed by atoms with van der Waals surface area (Å²) in [5.41, 5.74) is 0.752. The van der Waals surface area contributed by atoms with Crippen molar-refractivity contribution in [2.75, 3.05) is 20.3 Å². The molecule has 3 aromatic rings. The average Bonchev–Trinajstić information content (AvgIpc) is 3.40. The molecular weight excluding hydrogens is 461 g/mol. The molecule has 1 fully saturated rings.